The van der Waals surface area contributed by atoms with Gasteiger partial charge in [-0.2, -0.15) is 0 Å². The number of hydrogen-bond donors (Lipinski definition) is 0. The molecule has 2 heterocycles. The first-order valence-electron chi connectivity index (χ1n) is 8.58. The van der Waals surface area contributed by atoms with E-state index in [-0.39, 0.29) is 0 Å². The Morgan fingerprint density at radius 2 is 1.33 bits per heavy atom. The van der Waals surface area contributed by atoms with Gasteiger partial charge < -0.3 is 9.80 Å². The summed E-state index contributed by atoms with van der Waals surface area (Å²) in [6.07, 6.45) is 4.09. The third-order valence-corrected chi connectivity index (χ3v) is 4.96. The molecule has 0 amide bonds. The first-order valence-corrected chi connectivity index (χ1v) is 8.58. The molecule has 3 heteroatoms. The van der Waals surface area contributed by atoms with E-state index in [4.69, 9.17) is 0 Å². The predicted molar refractivity (Wildman–Crippen MR) is 91.4 cm³/mol. The maximum Gasteiger partial charge on any atom is 0.0387 e. The Kier molecular flexibility index (Phi) is 4.69. The molecular formula is C18H29N3. The Balaban J connectivity index is 1.66. The van der Waals surface area contributed by atoms with Crippen LogP contribution in [0.15, 0.2) is 24.3 Å². The van der Waals surface area contributed by atoms with Crippen LogP contribution >= 0.6 is 0 Å². The van der Waals surface area contributed by atoms with Gasteiger partial charge in [0.1, 0.15) is 0 Å². The van der Waals surface area contributed by atoms with Gasteiger partial charge >= 0.3 is 0 Å². The molecule has 2 aliphatic rings. The normalized spacial score (nSPS) is 21.1. The van der Waals surface area contributed by atoms with E-state index in [9.17, 15) is 0 Å². The summed E-state index contributed by atoms with van der Waals surface area (Å²) < 4.78 is 0. The van der Waals surface area contributed by atoms with Gasteiger partial charge in [0, 0.05) is 56.7 Å². The number of piperidine rings is 1. The van der Waals surface area contributed by atoms with E-state index in [1.54, 1.807) is 0 Å². The molecule has 1 aromatic carbocycles. The van der Waals surface area contributed by atoms with Crippen LogP contribution in [-0.4, -0.2) is 50.2 Å². The maximum atomic E-state index is 2.57. The highest BCUT2D eigenvalue weighted by Crippen LogP contribution is 2.26. The minimum absolute atomic E-state index is 0.673. The van der Waals surface area contributed by atoms with E-state index in [0.717, 1.165) is 13.1 Å². The third-order valence-electron chi connectivity index (χ3n) is 4.96. The highest BCUT2D eigenvalue weighted by Gasteiger charge is 2.19. The first-order chi connectivity index (χ1) is 10.2. The van der Waals surface area contributed by atoms with E-state index >= 15 is 0 Å². The second-order valence-electron chi connectivity index (χ2n) is 6.68. The topological polar surface area (TPSA) is 9.72 Å². The van der Waals surface area contributed by atoms with Crippen LogP contribution in [0.2, 0.25) is 0 Å². The van der Waals surface area contributed by atoms with Crippen LogP contribution in [0.1, 0.15) is 33.1 Å². The quantitative estimate of drug-likeness (QED) is 0.845. The molecule has 0 bridgehead atoms. The second-order valence-corrected chi connectivity index (χ2v) is 6.68. The summed E-state index contributed by atoms with van der Waals surface area (Å²) in [4.78, 5) is 7.68. The lowest BCUT2D eigenvalue weighted by molar-refractivity contribution is 0.209. The van der Waals surface area contributed by atoms with Crippen LogP contribution in [0, 0.1) is 0 Å². The van der Waals surface area contributed by atoms with Crippen LogP contribution in [0.3, 0.4) is 0 Å². The zero-order chi connectivity index (χ0) is 14.7. The van der Waals surface area contributed by atoms with Crippen molar-refractivity contribution in [3.8, 4) is 0 Å². The molecular weight excluding hydrogens is 258 g/mol. The average Bonchev–Trinajstić information content (AvgIpc) is 2.56. The fourth-order valence-electron chi connectivity index (χ4n) is 3.54. The van der Waals surface area contributed by atoms with Gasteiger partial charge in [-0.3, -0.25) is 4.90 Å². The minimum Gasteiger partial charge on any atom is -0.371 e. The number of piperazine rings is 1. The summed E-state index contributed by atoms with van der Waals surface area (Å²) in [5, 5.41) is 0. The van der Waals surface area contributed by atoms with Crippen molar-refractivity contribution in [3.05, 3.63) is 24.3 Å². The number of nitrogens with zero attached hydrogens (tertiary/aromatic N) is 3. The van der Waals surface area contributed by atoms with Crippen LogP contribution in [0.25, 0.3) is 0 Å². The van der Waals surface area contributed by atoms with Crippen molar-refractivity contribution in [2.75, 3.05) is 49.1 Å². The fourth-order valence-corrected chi connectivity index (χ4v) is 3.54. The minimum atomic E-state index is 0.673. The van der Waals surface area contributed by atoms with Gasteiger partial charge in [0.05, 0.1) is 0 Å². The molecule has 0 unspecified atom stereocenters. The predicted octanol–water partition coefficient (Wildman–Crippen LogP) is 3.21. The summed E-state index contributed by atoms with van der Waals surface area (Å²) >= 11 is 0. The Morgan fingerprint density at radius 3 is 1.90 bits per heavy atom. The van der Waals surface area contributed by atoms with E-state index in [0.29, 0.717) is 6.04 Å². The van der Waals surface area contributed by atoms with E-state index in [1.165, 1.54) is 56.8 Å². The molecule has 0 atom stereocenters. The molecule has 2 aliphatic heterocycles. The van der Waals surface area contributed by atoms with E-state index in [2.05, 4.69) is 52.8 Å². The van der Waals surface area contributed by atoms with Gasteiger partial charge in [-0.15, -0.1) is 0 Å². The monoisotopic (exact) mass is 287 g/mol. The summed E-state index contributed by atoms with van der Waals surface area (Å²) in [6, 6.07) is 9.86. The lowest BCUT2D eigenvalue weighted by Gasteiger charge is -2.38. The second kappa shape index (κ2) is 6.69. The summed E-state index contributed by atoms with van der Waals surface area (Å²) in [5.41, 5.74) is 2.82. The highest BCUT2D eigenvalue weighted by atomic mass is 15.3. The zero-order valence-corrected chi connectivity index (χ0v) is 13.6. The van der Waals surface area contributed by atoms with Crippen molar-refractivity contribution in [2.45, 2.75) is 39.2 Å². The molecule has 0 aromatic heterocycles. The Bertz CT molecular complexity index is 444. The zero-order valence-electron chi connectivity index (χ0n) is 13.6. The van der Waals surface area contributed by atoms with Crippen LogP contribution in [0.4, 0.5) is 11.4 Å². The van der Waals surface area contributed by atoms with Crippen LogP contribution in [0.5, 0.6) is 0 Å². The Hall–Kier alpha value is -1.22. The van der Waals surface area contributed by atoms with Crippen LogP contribution < -0.4 is 9.80 Å². The van der Waals surface area contributed by atoms with Crippen molar-refractivity contribution in [1.29, 1.82) is 0 Å². The molecule has 0 spiro atoms. The fraction of sp³-hybridized carbons (Fsp3) is 0.667. The molecule has 0 radical (unpaired) electrons. The standard InChI is InChI=1S/C18H29N3/c1-16(2)19-11-13-21(14-12-19)18-8-6-7-17(15-18)20-9-4-3-5-10-20/h6-8,15-16H,3-5,9-14H2,1-2H3. The van der Waals surface area contributed by atoms with Gasteiger partial charge in [0.2, 0.25) is 0 Å². The number of benzene rings is 1. The molecule has 3 rings (SSSR count). The Labute approximate surface area is 129 Å². The summed E-state index contributed by atoms with van der Waals surface area (Å²) in [6.45, 7) is 11.7. The van der Waals surface area contributed by atoms with Gasteiger partial charge in [0.15, 0.2) is 0 Å². The largest absolute Gasteiger partial charge is 0.371 e. The lowest BCUT2D eigenvalue weighted by Crippen LogP contribution is -2.48. The van der Waals surface area contributed by atoms with E-state index in [1.807, 2.05) is 0 Å². The van der Waals surface area contributed by atoms with Crippen molar-refractivity contribution < 1.29 is 0 Å². The summed E-state index contributed by atoms with van der Waals surface area (Å²) in [5.74, 6) is 0. The molecule has 3 nitrogen and oxygen atoms in total. The first kappa shape index (κ1) is 14.7. The van der Waals surface area contributed by atoms with Crippen molar-refractivity contribution in [2.24, 2.45) is 0 Å². The maximum absolute atomic E-state index is 2.57. The van der Waals surface area contributed by atoms with Crippen molar-refractivity contribution in [1.82, 2.24) is 4.90 Å². The van der Waals surface area contributed by atoms with Crippen molar-refractivity contribution in [3.63, 3.8) is 0 Å². The molecule has 0 N–H and O–H groups in total. The van der Waals surface area contributed by atoms with Gasteiger partial charge in [-0.05, 0) is 51.3 Å². The van der Waals surface area contributed by atoms with E-state index < -0.39 is 0 Å². The van der Waals surface area contributed by atoms with Crippen molar-refractivity contribution >= 4 is 11.4 Å². The molecule has 0 saturated carbocycles. The molecule has 2 saturated heterocycles. The molecule has 21 heavy (non-hydrogen) atoms. The van der Waals surface area contributed by atoms with Gasteiger partial charge in [-0.25, -0.2) is 0 Å². The highest BCUT2D eigenvalue weighted by molar-refractivity contribution is 5.59. The third kappa shape index (κ3) is 3.52. The molecule has 1 aromatic rings. The average molecular weight is 287 g/mol. The lowest BCUT2D eigenvalue weighted by atomic mass is 10.1. The van der Waals surface area contributed by atoms with Crippen LogP contribution in [-0.2, 0) is 0 Å². The SMILES string of the molecule is CC(C)N1CCN(c2cccc(N3CCCCC3)c2)CC1. The van der Waals surface area contributed by atoms with Gasteiger partial charge in [-0.1, -0.05) is 6.07 Å². The molecule has 2 fully saturated rings. The molecule has 0 aliphatic carbocycles. The number of hydrogen-bond acceptors (Lipinski definition) is 3. The summed E-state index contributed by atoms with van der Waals surface area (Å²) in [7, 11) is 0. The smallest absolute Gasteiger partial charge is 0.0387 e. The number of anilines is 2. The van der Waals surface area contributed by atoms with Gasteiger partial charge in [0.25, 0.3) is 0 Å². The molecule has 116 valence electrons. The Morgan fingerprint density at radius 1 is 0.762 bits per heavy atom. The number of rotatable bonds is 3.